The maximum atomic E-state index is 9.08. The van der Waals surface area contributed by atoms with Gasteiger partial charge >= 0.3 is 0 Å². The molecule has 0 amide bonds. The van der Waals surface area contributed by atoms with Crippen molar-refractivity contribution >= 4 is 5.69 Å². The molecule has 0 saturated carbocycles. The van der Waals surface area contributed by atoms with Crippen molar-refractivity contribution in [2.75, 3.05) is 18.5 Å². The summed E-state index contributed by atoms with van der Waals surface area (Å²) in [4.78, 5) is 0. The summed E-state index contributed by atoms with van der Waals surface area (Å²) >= 11 is 0. The van der Waals surface area contributed by atoms with Gasteiger partial charge in [-0.3, -0.25) is 0 Å². The van der Waals surface area contributed by atoms with Gasteiger partial charge < -0.3 is 15.5 Å². The highest BCUT2D eigenvalue weighted by Crippen LogP contribution is 2.15. The molecule has 0 heterocycles. The number of anilines is 1. The summed E-state index contributed by atoms with van der Waals surface area (Å²) < 4.78 is 0. The van der Waals surface area contributed by atoms with Crippen LogP contribution < -0.4 is 5.32 Å². The topological polar surface area (TPSA) is 52.5 Å². The predicted octanol–water partition coefficient (Wildman–Crippen LogP) is 1.46. The quantitative estimate of drug-likeness (QED) is 0.688. The molecular weight excluding hydrogens is 190 g/mol. The van der Waals surface area contributed by atoms with Crippen LogP contribution in [0.2, 0.25) is 0 Å². The molecule has 0 bridgehead atoms. The van der Waals surface area contributed by atoms with E-state index in [-0.39, 0.29) is 19.3 Å². The van der Waals surface area contributed by atoms with Crippen LogP contribution in [0.5, 0.6) is 0 Å². The minimum Gasteiger partial charge on any atom is -0.396 e. The molecule has 0 fully saturated rings. The molecule has 0 saturated heterocycles. The standard InChI is InChI=1S/C12H19NO2/c1-9-5-10(2)7-12(6-9)13-11(8-15)3-4-14/h5-7,11,13-15H,3-4,8H2,1-2H3. The average molecular weight is 209 g/mol. The molecule has 0 aliphatic carbocycles. The van der Waals surface area contributed by atoms with Crippen LogP contribution in [-0.2, 0) is 0 Å². The zero-order valence-electron chi connectivity index (χ0n) is 9.33. The van der Waals surface area contributed by atoms with Gasteiger partial charge in [-0.15, -0.1) is 0 Å². The number of nitrogens with one attached hydrogen (secondary N) is 1. The van der Waals surface area contributed by atoms with Gasteiger partial charge in [-0.25, -0.2) is 0 Å². The molecule has 3 nitrogen and oxygen atoms in total. The molecule has 1 aromatic rings. The number of aliphatic hydroxyl groups excluding tert-OH is 2. The summed E-state index contributed by atoms with van der Waals surface area (Å²) in [6, 6.07) is 6.10. The molecule has 3 N–H and O–H groups in total. The molecule has 0 aliphatic rings. The van der Waals surface area contributed by atoms with Crippen molar-refractivity contribution in [2.45, 2.75) is 26.3 Å². The first-order chi connectivity index (χ1) is 7.15. The number of aliphatic hydroxyl groups is 2. The molecule has 84 valence electrons. The second-order valence-electron chi connectivity index (χ2n) is 3.91. The van der Waals surface area contributed by atoms with Crippen molar-refractivity contribution in [1.29, 1.82) is 0 Å². The first kappa shape index (κ1) is 12.0. The lowest BCUT2D eigenvalue weighted by Gasteiger charge is -2.17. The summed E-state index contributed by atoms with van der Waals surface area (Å²) in [6.45, 7) is 4.20. The van der Waals surface area contributed by atoms with Crippen LogP contribution in [-0.4, -0.2) is 29.5 Å². The SMILES string of the molecule is Cc1cc(C)cc(NC(CO)CCO)c1. The molecule has 1 atom stereocenters. The van der Waals surface area contributed by atoms with Gasteiger partial charge in [-0.2, -0.15) is 0 Å². The fraction of sp³-hybridized carbons (Fsp3) is 0.500. The van der Waals surface area contributed by atoms with E-state index in [9.17, 15) is 0 Å². The van der Waals surface area contributed by atoms with E-state index >= 15 is 0 Å². The lowest BCUT2D eigenvalue weighted by atomic mass is 10.1. The number of hydrogen-bond donors (Lipinski definition) is 3. The van der Waals surface area contributed by atoms with Crippen LogP contribution in [0.3, 0.4) is 0 Å². The molecule has 15 heavy (non-hydrogen) atoms. The third-order valence-corrected chi connectivity index (χ3v) is 2.29. The summed E-state index contributed by atoms with van der Waals surface area (Å²) in [5.74, 6) is 0. The number of aryl methyl sites for hydroxylation is 2. The Bertz CT molecular complexity index is 292. The monoisotopic (exact) mass is 209 g/mol. The molecule has 1 unspecified atom stereocenters. The Labute approximate surface area is 90.8 Å². The molecular formula is C12H19NO2. The second-order valence-corrected chi connectivity index (χ2v) is 3.91. The summed E-state index contributed by atoms with van der Waals surface area (Å²) in [5, 5.41) is 21.1. The van der Waals surface area contributed by atoms with E-state index in [1.807, 2.05) is 26.0 Å². The van der Waals surface area contributed by atoms with Crippen LogP contribution >= 0.6 is 0 Å². The van der Waals surface area contributed by atoms with Gasteiger partial charge in [0.2, 0.25) is 0 Å². The Kier molecular flexibility index (Phi) is 4.59. The average Bonchev–Trinajstić information content (AvgIpc) is 2.15. The normalized spacial score (nSPS) is 12.5. The van der Waals surface area contributed by atoms with Gasteiger partial charge in [0.25, 0.3) is 0 Å². The molecule has 3 heteroatoms. The third-order valence-electron chi connectivity index (χ3n) is 2.29. The Hall–Kier alpha value is -1.06. The van der Waals surface area contributed by atoms with Crippen LogP contribution in [0.4, 0.5) is 5.69 Å². The molecule has 0 spiro atoms. The van der Waals surface area contributed by atoms with Gasteiger partial charge in [0.15, 0.2) is 0 Å². The fourth-order valence-corrected chi connectivity index (χ4v) is 1.66. The van der Waals surface area contributed by atoms with Crippen molar-refractivity contribution in [3.05, 3.63) is 29.3 Å². The maximum Gasteiger partial charge on any atom is 0.0633 e. The fourth-order valence-electron chi connectivity index (χ4n) is 1.66. The molecule has 1 rings (SSSR count). The van der Waals surface area contributed by atoms with Gasteiger partial charge in [-0.1, -0.05) is 6.07 Å². The summed E-state index contributed by atoms with van der Waals surface area (Å²) in [5.41, 5.74) is 3.39. The van der Waals surface area contributed by atoms with Crippen molar-refractivity contribution in [3.8, 4) is 0 Å². The maximum absolute atomic E-state index is 9.08. The second kappa shape index (κ2) is 5.73. The smallest absolute Gasteiger partial charge is 0.0633 e. The van der Waals surface area contributed by atoms with E-state index in [2.05, 4.69) is 11.4 Å². The highest BCUT2D eigenvalue weighted by atomic mass is 16.3. The van der Waals surface area contributed by atoms with E-state index in [0.717, 1.165) is 5.69 Å². The minimum absolute atomic E-state index is 0.0353. The van der Waals surface area contributed by atoms with Crippen LogP contribution in [0.15, 0.2) is 18.2 Å². The first-order valence-corrected chi connectivity index (χ1v) is 5.22. The summed E-state index contributed by atoms with van der Waals surface area (Å²) in [6.07, 6.45) is 0.559. The van der Waals surface area contributed by atoms with Crippen LogP contribution in [0.25, 0.3) is 0 Å². The van der Waals surface area contributed by atoms with Crippen molar-refractivity contribution in [3.63, 3.8) is 0 Å². The highest BCUT2D eigenvalue weighted by molar-refractivity contribution is 5.49. The van der Waals surface area contributed by atoms with Gasteiger partial charge in [0, 0.05) is 12.3 Å². The molecule has 0 aromatic heterocycles. The Balaban J connectivity index is 2.69. The number of hydrogen-bond acceptors (Lipinski definition) is 3. The van der Waals surface area contributed by atoms with Gasteiger partial charge in [0.05, 0.1) is 12.6 Å². The van der Waals surface area contributed by atoms with Crippen molar-refractivity contribution < 1.29 is 10.2 Å². The Morgan fingerprint density at radius 2 is 1.73 bits per heavy atom. The predicted molar refractivity (Wildman–Crippen MR) is 62.1 cm³/mol. The largest absolute Gasteiger partial charge is 0.396 e. The van der Waals surface area contributed by atoms with E-state index in [1.54, 1.807) is 0 Å². The highest BCUT2D eigenvalue weighted by Gasteiger charge is 2.06. The Morgan fingerprint density at radius 3 is 2.20 bits per heavy atom. The zero-order valence-corrected chi connectivity index (χ0v) is 9.33. The molecule has 1 aromatic carbocycles. The lowest BCUT2D eigenvalue weighted by molar-refractivity contribution is 0.229. The van der Waals surface area contributed by atoms with Crippen molar-refractivity contribution in [2.24, 2.45) is 0 Å². The van der Waals surface area contributed by atoms with Crippen LogP contribution in [0, 0.1) is 13.8 Å². The minimum atomic E-state index is -0.0730. The van der Waals surface area contributed by atoms with Crippen molar-refractivity contribution in [1.82, 2.24) is 0 Å². The van der Waals surface area contributed by atoms with Gasteiger partial charge in [0.1, 0.15) is 0 Å². The zero-order chi connectivity index (χ0) is 11.3. The number of benzene rings is 1. The van der Waals surface area contributed by atoms with Crippen LogP contribution in [0.1, 0.15) is 17.5 Å². The van der Waals surface area contributed by atoms with E-state index in [0.29, 0.717) is 6.42 Å². The van der Waals surface area contributed by atoms with E-state index < -0.39 is 0 Å². The summed E-state index contributed by atoms with van der Waals surface area (Å²) in [7, 11) is 0. The number of rotatable bonds is 5. The lowest BCUT2D eigenvalue weighted by Crippen LogP contribution is -2.24. The van der Waals surface area contributed by atoms with E-state index in [4.69, 9.17) is 10.2 Å². The first-order valence-electron chi connectivity index (χ1n) is 5.22. The third kappa shape index (κ3) is 3.90. The van der Waals surface area contributed by atoms with Gasteiger partial charge in [-0.05, 0) is 43.5 Å². The molecule has 0 radical (unpaired) electrons. The van der Waals surface area contributed by atoms with E-state index in [1.165, 1.54) is 11.1 Å². The Morgan fingerprint density at radius 1 is 1.13 bits per heavy atom. The molecule has 0 aliphatic heterocycles.